The fourth-order valence-corrected chi connectivity index (χ4v) is 1.21. The van der Waals surface area contributed by atoms with Gasteiger partial charge in [-0.15, -0.1) is 6.42 Å². The molecule has 0 aliphatic carbocycles. The van der Waals surface area contributed by atoms with Gasteiger partial charge in [0.2, 0.25) is 0 Å². The standard InChI is InChI=1S/C12H14FN/c1-4-10(5-2)14-11-8-6-7-9(3)12(11)13/h1,6-8,10,14H,5H2,2-3H3. The van der Waals surface area contributed by atoms with E-state index in [4.69, 9.17) is 6.42 Å². The molecule has 0 radical (unpaired) electrons. The van der Waals surface area contributed by atoms with E-state index in [0.29, 0.717) is 11.3 Å². The van der Waals surface area contributed by atoms with Gasteiger partial charge in [0, 0.05) is 0 Å². The summed E-state index contributed by atoms with van der Waals surface area (Å²) in [7, 11) is 0. The van der Waals surface area contributed by atoms with Crippen LogP contribution in [0.2, 0.25) is 0 Å². The molecule has 74 valence electrons. The zero-order valence-electron chi connectivity index (χ0n) is 8.47. The van der Waals surface area contributed by atoms with E-state index in [-0.39, 0.29) is 11.9 Å². The maximum atomic E-state index is 13.5. The van der Waals surface area contributed by atoms with Gasteiger partial charge in [0.1, 0.15) is 5.82 Å². The van der Waals surface area contributed by atoms with Crippen LogP contribution in [0, 0.1) is 25.1 Å². The van der Waals surface area contributed by atoms with Crippen LogP contribution in [-0.4, -0.2) is 6.04 Å². The van der Waals surface area contributed by atoms with Gasteiger partial charge in [-0.2, -0.15) is 0 Å². The molecule has 1 unspecified atom stereocenters. The molecule has 1 aromatic rings. The zero-order chi connectivity index (χ0) is 10.6. The first-order valence-corrected chi connectivity index (χ1v) is 4.66. The van der Waals surface area contributed by atoms with Gasteiger partial charge in [-0.05, 0) is 25.0 Å². The third-order valence-corrected chi connectivity index (χ3v) is 2.13. The van der Waals surface area contributed by atoms with Crippen molar-refractivity contribution in [3.05, 3.63) is 29.6 Å². The summed E-state index contributed by atoms with van der Waals surface area (Å²) in [6.45, 7) is 3.70. The molecule has 1 nitrogen and oxygen atoms in total. The Labute approximate surface area is 84.3 Å². The van der Waals surface area contributed by atoms with Gasteiger partial charge in [0.25, 0.3) is 0 Å². The maximum absolute atomic E-state index is 13.5. The number of rotatable bonds is 3. The smallest absolute Gasteiger partial charge is 0.149 e. The fraction of sp³-hybridized carbons (Fsp3) is 0.333. The molecule has 1 rings (SSSR count). The first-order chi connectivity index (χ1) is 6.69. The van der Waals surface area contributed by atoms with E-state index in [1.165, 1.54) is 0 Å². The van der Waals surface area contributed by atoms with Crippen LogP contribution in [0.15, 0.2) is 18.2 Å². The minimum absolute atomic E-state index is 0.105. The zero-order valence-corrected chi connectivity index (χ0v) is 8.47. The van der Waals surface area contributed by atoms with Crippen molar-refractivity contribution in [3.63, 3.8) is 0 Å². The summed E-state index contributed by atoms with van der Waals surface area (Å²) in [5.41, 5.74) is 1.11. The largest absolute Gasteiger partial charge is 0.369 e. The van der Waals surface area contributed by atoms with Crippen molar-refractivity contribution in [2.45, 2.75) is 26.3 Å². The molecule has 0 fully saturated rings. The van der Waals surface area contributed by atoms with E-state index < -0.39 is 0 Å². The van der Waals surface area contributed by atoms with Gasteiger partial charge in [-0.3, -0.25) is 0 Å². The van der Waals surface area contributed by atoms with Crippen LogP contribution in [0.4, 0.5) is 10.1 Å². The third kappa shape index (κ3) is 2.26. The Balaban J connectivity index is 2.87. The second kappa shape index (κ2) is 4.66. The molecule has 0 bridgehead atoms. The lowest BCUT2D eigenvalue weighted by Gasteiger charge is -2.13. The van der Waals surface area contributed by atoms with E-state index in [2.05, 4.69) is 11.2 Å². The van der Waals surface area contributed by atoms with Crippen molar-refractivity contribution in [2.24, 2.45) is 0 Å². The summed E-state index contributed by atoms with van der Waals surface area (Å²) in [4.78, 5) is 0. The molecule has 1 aromatic carbocycles. The van der Waals surface area contributed by atoms with Crippen LogP contribution in [-0.2, 0) is 0 Å². The molecule has 2 heteroatoms. The number of benzene rings is 1. The molecule has 0 amide bonds. The van der Waals surface area contributed by atoms with E-state index in [1.807, 2.05) is 13.0 Å². The van der Waals surface area contributed by atoms with Gasteiger partial charge in [-0.25, -0.2) is 4.39 Å². The summed E-state index contributed by atoms with van der Waals surface area (Å²) >= 11 is 0. The Hall–Kier alpha value is -1.49. The SMILES string of the molecule is C#CC(CC)Nc1cccc(C)c1F. The number of halogens is 1. The molecular formula is C12H14FN. The molecule has 0 heterocycles. The molecule has 0 saturated carbocycles. The molecule has 1 N–H and O–H groups in total. The second-order valence-corrected chi connectivity index (χ2v) is 3.21. The number of nitrogens with one attached hydrogen (secondary N) is 1. The van der Waals surface area contributed by atoms with Gasteiger partial charge < -0.3 is 5.32 Å². The van der Waals surface area contributed by atoms with Gasteiger partial charge >= 0.3 is 0 Å². The van der Waals surface area contributed by atoms with Crippen LogP contribution < -0.4 is 5.32 Å². The molecule has 0 saturated heterocycles. The number of terminal acetylenes is 1. The molecule has 0 aromatic heterocycles. The summed E-state index contributed by atoms with van der Waals surface area (Å²) in [5, 5.41) is 2.98. The van der Waals surface area contributed by atoms with Crippen LogP contribution in [0.25, 0.3) is 0 Å². The van der Waals surface area contributed by atoms with Crippen LogP contribution in [0.5, 0.6) is 0 Å². The highest BCUT2D eigenvalue weighted by Gasteiger charge is 2.07. The lowest BCUT2D eigenvalue weighted by molar-refractivity contribution is 0.619. The Bertz CT molecular complexity index is 352. The quantitative estimate of drug-likeness (QED) is 0.724. The average molecular weight is 191 g/mol. The van der Waals surface area contributed by atoms with E-state index in [1.54, 1.807) is 19.1 Å². The minimum atomic E-state index is -0.221. The Kier molecular flexibility index (Phi) is 3.53. The lowest BCUT2D eigenvalue weighted by Crippen LogP contribution is -2.16. The molecule has 14 heavy (non-hydrogen) atoms. The Morgan fingerprint density at radius 3 is 2.86 bits per heavy atom. The highest BCUT2D eigenvalue weighted by atomic mass is 19.1. The van der Waals surface area contributed by atoms with Crippen molar-refractivity contribution in [1.29, 1.82) is 0 Å². The minimum Gasteiger partial charge on any atom is -0.369 e. The summed E-state index contributed by atoms with van der Waals surface area (Å²) in [6, 6.07) is 5.13. The average Bonchev–Trinajstić information content (AvgIpc) is 2.20. The maximum Gasteiger partial charge on any atom is 0.149 e. The lowest BCUT2D eigenvalue weighted by atomic mass is 10.1. The van der Waals surface area contributed by atoms with Crippen LogP contribution in [0.1, 0.15) is 18.9 Å². The summed E-state index contributed by atoms with van der Waals surface area (Å²) in [5.74, 6) is 2.35. The Morgan fingerprint density at radius 1 is 1.57 bits per heavy atom. The van der Waals surface area contributed by atoms with Crippen molar-refractivity contribution in [1.82, 2.24) is 0 Å². The normalized spacial score (nSPS) is 11.9. The van der Waals surface area contributed by atoms with Crippen LogP contribution >= 0.6 is 0 Å². The molecular weight excluding hydrogens is 177 g/mol. The summed E-state index contributed by atoms with van der Waals surface area (Å²) in [6.07, 6.45) is 6.07. The monoisotopic (exact) mass is 191 g/mol. The van der Waals surface area contributed by atoms with E-state index in [0.717, 1.165) is 6.42 Å². The molecule has 0 aliphatic rings. The van der Waals surface area contributed by atoms with Crippen molar-refractivity contribution >= 4 is 5.69 Å². The second-order valence-electron chi connectivity index (χ2n) is 3.21. The Morgan fingerprint density at radius 2 is 2.29 bits per heavy atom. The number of aryl methyl sites for hydroxylation is 1. The first kappa shape index (κ1) is 10.6. The first-order valence-electron chi connectivity index (χ1n) is 4.66. The molecule has 1 atom stereocenters. The highest BCUT2D eigenvalue weighted by molar-refractivity contribution is 5.49. The van der Waals surface area contributed by atoms with Gasteiger partial charge in [0.15, 0.2) is 0 Å². The van der Waals surface area contributed by atoms with Crippen LogP contribution in [0.3, 0.4) is 0 Å². The van der Waals surface area contributed by atoms with Crippen molar-refractivity contribution in [3.8, 4) is 12.3 Å². The van der Waals surface area contributed by atoms with Crippen molar-refractivity contribution < 1.29 is 4.39 Å². The number of hydrogen-bond donors (Lipinski definition) is 1. The number of hydrogen-bond acceptors (Lipinski definition) is 1. The predicted molar refractivity (Wildman–Crippen MR) is 57.7 cm³/mol. The summed E-state index contributed by atoms with van der Waals surface area (Å²) < 4.78 is 13.5. The topological polar surface area (TPSA) is 12.0 Å². The molecule has 0 aliphatic heterocycles. The molecule has 0 spiro atoms. The number of anilines is 1. The van der Waals surface area contributed by atoms with Gasteiger partial charge in [0.05, 0.1) is 11.7 Å². The van der Waals surface area contributed by atoms with Crippen molar-refractivity contribution in [2.75, 3.05) is 5.32 Å². The van der Waals surface area contributed by atoms with E-state index in [9.17, 15) is 4.39 Å². The van der Waals surface area contributed by atoms with E-state index >= 15 is 0 Å². The highest BCUT2D eigenvalue weighted by Crippen LogP contribution is 2.18. The predicted octanol–water partition coefficient (Wildman–Crippen LogP) is 2.96. The fourth-order valence-electron chi connectivity index (χ4n) is 1.21. The third-order valence-electron chi connectivity index (χ3n) is 2.13. The van der Waals surface area contributed by atoms with Gasteiger partial charge in [-0.1, -0.05) is 25.0 Å².